The molecule has 156 valence electrons. The zero-order chi connectivity index (χ0) is 21.4. The first-order valence-electron chi connectivity index (χ1n) is 9.37. The predicted octanol–water partition coefficient (Wildman–Crippen LogP) is 6.09. The molecule has 0 atom stereocenters. The van der Waals surface area contributed by atoms with Crippen molar-refractivity contribution in [2.45, 2.75) is 11.6 Å². The Balaban J connectivity index is 1.37. The molecule has 3 heterocycles. The maximum absolute atomic E-state index is 6.32. The number of thioether (sulfide) groups is 1. The minimum atomic E-state index is 0.538. The third-order valence-electron chi connectivity index (χ3n) is 4.80. The van der Waals surface area contributed by atoms with E-state index >= 15 is 0 Å². The van der Waals surface area contributed by atoms with Crippen LogP contribution < -0.4 is 10.2 Å². The van der Waals surface area contributed by atoms with Crippen molar-refractivity contribution in [3.8, 4) is 17.1 Å². The summed E-state index contributed by atoms with van der Waals surface area (Å²) in [4.78, 5) is 0. The highest BCUT2D eigenvalue weighted by Gasteiger charge is 2.21. The Bertz CT molecular complexity index is 1280. The quantitative estimate of drug-likeness (QED) is 0.380. The maximum atomic E-state index is 6.32. The molecule has 5 rings (SSSR count). The highest BCUT2D eigenvalue weighted by atomic mass is 35.5. The first-order chi connectivity index (χ1) is 15.1. The second kappa shape index (κ2) is 8.34. The molecule has 6 nitrogen and oxygen atoms in total. The molecule has 0 fully saturated rings. The number of benzene rings is 2. The molecule has 2 aromatic carbocycles. The Morgan fingerprint density at radius 3 is 2.61 bits per heavy atom. The van der Waals surface area contributed by atoms with Crippen LogP contribution in [0, 0.1) is 0 Å². The van der Waals surface area contributed by atoms with Crippen molar-refractivity contribution in [3.05, 3.63) is 87.2 Å². The number of rotatable bonds is 5. The third-order valence-corrected chi connectivity index (χ3v) is 6.18. The lowest BCUT2D eigenvalue weighted by molar-refractivity contribution is 0.414. The Labute approximate surface area is 192 Å². The Hall–Kier alpha value is -2.87. The largest absolute Gasteiger partial charge is 0.497 e. The average Bonchev–Trinajstić information content (AvgIpc) is 3.42. The topological polar surface area (TPSA) is 65.1 Å². The number of halogens is 2. The number of ether oxygens (including phenoxy) is 1. The van der Waals surface area contributed by atoms with Crippen LogP contribution >= 0.6 is 35.0 Å². The monoisotopic (exact) mass is 470 g/mol. The molecule has 9 heteroatoms. The van der Waals surface area contributed by atoms with Gasteiger partial charge in [-0.15, -0.1) is 10.2 Å². The summed E-state index contributed by atoms with van der Waals surface area (Å²) in [5.74, 6) is 2.96. The average molecular weight is 471 g/mol. The van der Waals surface area contributed by atoms with Crippen LogP contribution in [0.25, 0.3) is 17.0 Å². The van der Waals surface area contributed by atoms with E-state index in [4.69, 9.17) is 32.4 Å². The second-order valence-corrected chi connectivity index (χ2v) is 8.49. The molecular weight excluding hydrogens is 455 g/mol. The minimum absolute atomic E-state index is 0.538. The van der Waals surface area contributed by atoms with E-state index in [-0.39, 0.29) is 0 Å². The normalized spacial score (nSPS) is 12.8. The molecule has 1 aliphatic heterocycles. The molecule has 1 aliphatic rings. The van der Waals surface area contributed by atoms with Gasteiger partial charge >= 0.3 is 0 Å². The number of nitrogens with zero attached hydrogens (tertiary/aromatic N) is 3. The number of hydrogen-bond acceptors (Lipinski definition) is 6. The highest BCUT2D eigenvalue weighted by molar-refractivity contribution is 8.02. The fraction of sp³-hybridized carbons (Fsp3) is 0.0909. The third kappa shape index (κ3) is 4.04. The first-order valence-corrected chi connectivity index (χ1v) is 11.0. The number of hydrogen-bond donors (Lipinski definition) is 1. The lowest BCUT2D eigenvalue weighted by atomic mass is 10.1. The van der Waals surface area contributed by atoms with Crippen molar-refractivity contribution in [1.29, 1.82) is 0 Å². The van der Waals surface area contributed by atoms with Crippen LogP contribution in [-0.2, 0) is 6.42 Å². The molecule has 0 amide bonds. The molecule has 1 N–H and O–H groups in total. The SMILES string of the molecule is COc1ccc(Cc2nnc3n2NC(c2ccc(-c4ccc(Cl)cc4Cl)o2)=CS3)cc1. The molecular formula is C22H16Cl2N4O2S. The van der Waals surface area contributed by atoms with E-state index in [9.17, 15) is 0 Å². The van der Waals surface area contributed by atoms with Gasteiger partial charge in [-0.2, -0.15) is 0 Å². The summed E-state index contributed by atoms with van der Waals surface area (Å²) >= 11 is 13.8. The van der Waals surface area contributed by atoms with Crippen molar-refractivity contribution >= 4 is 40.7 Å². The van der Waals surface area contributed by atoms with E-state index in [0.717, 1.165) is 33.6 Å². The van der Waals surface area contributed by atoms with E-state index in [1.54, 1.807) is 19.2 Å². The van der Waals surface area contributed by atoms with Gasteiger partial charge in [0.05, 0.1) is 12.1 Å². The van der Waals surface area contributed by atoms with Crippen LogP contribution in [-0.4, -0.2) is 22.0 Å². The summed E-state index contributed by atoms with van der Waals surface area (Å²) in [6, 6.07) is 17.0. The summed E-state index contributed by atoms with van der Waals surface area (Å²) in [7, 11) is 1.65. The number of aromatic nitrogens is 3. The van der Waals surface area contributed by atoms with E-state index in [1.807, 2.05) is 52.5 Å². The van der Waals surface area contributed by atoms with Crippen molar-refractivity contribution in [3.63, 3.8) is 0 Å². The zero-order valence-corrected chi connectivity index (χ0v) is 18.6. The van der Waals surface area contributed by atoms with Gasteiger partial charge in [0, 0.05) is 22.4 Å². The Kier molecular flexibility index (Phi) is 5.40. The van der Waals surface area contributed by atoms with Crippen molar-refractivity contribution < 1.29 is 9.15 Å². The lowest BCUT2D eigenvalue weighted by Gasteiger charge is -2.17. The first kappa shape index (κ1) is 20.1. The van der Waals surface area contributed by atoms with Gasteiger partial charge in [-0.3, -0.25) is 5.43 Å². The van der Waals surface area contributed by atoms with E-state index in [2.05, 4.69) is 15.6 Å². The molecule has 0 aliphatic carbocycles. The molecule has 31 heavy (non-hydrogen) atoms. The summed E-state index contributed by atoms with van der Waals surface area (Å²) in [6.45, 7) is 0. The number of fused-ring (bicyclic) bond motifs is 1. The smallest absolute Gasteiger partial charge is 0.214 e. The van der Waals surface area contributed by atoms with Crippen LogP contribution in [0.2, 0.25) is 10.0 Å². The predicted molar refractivity (Wildman–Crippen MR) is 123 cm³/mol. The van der Waals surface area contributed by atoms with Gasteiger partial charge in [0.15, 0.2) is 11.6 Å². The summed E-state index contributed by atoms with van der Waals surface area (Å²) in [6.07, 6.45) is 0.627. The molecule has 0 unspecified atom stereocenters. The molecule has 0 radical (unpaired) electrons. The number of methoxy groups -OCH3 is 1. The van der Waals surface area contributed by atoms with Crippen LogP contribution in [0.1, 0.15) is 17.1 Å². The van der Waals surface area contributed by atoms with Crippen molar-refractivity contribution in [1.82, 2.24) is 14.9 Å². The molecule has 0 spiro atoms. The minimum Gasteiger partial charge on any atom is -0.497 e. The molecule has 2 aromatic heterocycles. The van der Waals surface area contributed by atoms with Crippen LogP contribution in [0.3, 0.4) is 0 Å². The van der Waals surface area contributed by atoms with Crippen LogP contribution in [0.15, 0.2) is 69.6 Å². The fourth-order valence-electron chi connectivity index (χ4n) is 3.22. The Morgan fingerprint density at radius 2 is 1.84 bits per heavy atom. The molecule has 0 saturated heterocycles. The van der Waals surface area contributed by atoms with Gasteiger partial charge < -0.3 is 9.15 Å². The van der Waals surface area contributed by atoms with Crippen molar-refractivity contribution in [2.75, 3.05) is 12.5 Å². The van der Waals surface area contributed by atoms with E-state index < -0.39 is 0 Å². The van der Waals surface area contributed by atoms with Gasteiger partial charge in [0.25, 0.3) is 0 Å². The lowest BCUT2D eigenvalue weighted by Crippen LogP contribution is -2.19. The van der Waals surface area contributed by atoms with Crippen LogP contribution in [0.5, 0.6) is 5.75 Å². The van der Waals surface area contributed by atoms with E-state index in [1.165, 1.54) is 11.8 Å². The number of nitrogens with one attached hydrogen (secondary N) is 1. The van der Waals surface area contributed by atoms with Gasteiger partial charge in [0.2, 0.25) is 5.16 Å². The van der Waals surface area contributed by atoms with E-state index in [0.29, 0.717) is 28.0 Å². The molecule has 4 aromatic rings. The fourth-order valence-corrected chi connectivity index (χ4v) is 4.46. The summed E-state index contributed by atoms with van der Waals surface area (Å²) < 4.78 is 13.2. The zero-order valence-electron chi connectivity index (χ0n) is 16.3. The second-order valence-electron chi connectivity index (χ2n) is 6.81. The standard InChI is InChI=1S/C22H16Cl2N4O2S/c1-29-15-5-2-13(3-6-15)10-21-25-26-22-28(21)27-18(12-31-22)20-9-8-19(30-20)16-7-4-14(23)11-17(16)24/h2-9,11-12,27H,10H2,1H3. The highest BCUT2D eigenvalue weighted by Crippen LogP contribution is 2.35. The van der Waals surface area contributed by atoms with Crippen molar-refractivity contribution in [2.24, 2.45) is 0 Å². The maximum Gasteiger partial charge on any atom is 0.214 e. The Morgan fingerprint density at radius 1 is 1.03 bits per heavy atom. The molecule has 0 saturated carbocycles. The van der Waals surface area contributed by atoms with Crippen LogP contribution in [0.4, 0.5) is 0 Å². The van der Waals surface area contributed by atoms with Gasteiger partial charge in [-0.05, 0) is 48.0 Å². The van der Waals surface area contributed by atoms with Gasteiger partial charge in [-0.1, -0.05) is 47.1 Å². The summed E-state index contributed by atoms with van der Waals surface area (Å²) in [5.41, 5.74) is 6.05. The van der Waals surface area contributed by atoms with Gasteiger partial charge in [-0.25, -0.2) is 4.68 Å². The van der Waals surface area contributed by atoms with Gasteiger partial charge in [0.1, 0.15) is 17.2 Å². The number of furan rings is 1. The molecule has 0 bridgehead atoms. The summed E-state index contributed by atoms with van der Waals surface area (Å²) in [5, 5.41) is 12.4.